The molecule has 162 valence electrons. The second-order valence-electron chi connectivity index (χ2n) is 10.7. The zero-order valence-electron chi connectivity index (χ0n) is 18.6. The van der Waals surface area contributed by atoms with Gasteiger partial charge in [0.2, 0.25) is 5.91 Å². The summed E-state index contributed by atoms with van der Waals surface area (Å²) >= 11 is 1.58. The van der Waals surface area contributed by atoms with Crippen molar-refractivity contribution >= 4 is 28.7 Å². The van der Waals surface area contributed by atoms with Crippen molar-refractivity contribution in [1.82, 2.24) is 14.9 Å². The number of fused-ring (bicyclic) bond motifs is 1. The molecule has 1 heterocycles. The SMILES string of the molecule is CC(C)Cn1c(SCC(=O)N[C@H](C)C23CC4CC(CC(C4)C2)C3)nc2ccccc21. The van der Waals surface area contributed by atoms with Gasteiger partial charge in [-0.15, -0.1) is 0 Å². The van der Waals surface area contributed by atoms with Crippen molar-refractivity contribution in [3.05, 3.63) is 24.3 Å². The van der Waals surface area contributed by atoms with Gasteiger partial charge < -0.3 is 9.88 Å². The van der Waals surface area contributed by atoms with E-state index in [4.69, 9.17) is 4.98 Å². The van der Waals surface area contributed by atoms with Crippen LogP contribution in [0.5, 0.6) is 0 Å². The van der Waals surface area contributed by atoms with Crippen molar-refractivity contribution in [2.45, 2.75) is 77.0 Å². The van der Waals surface area contributed by atoms with E-state index in [2.05, 4.69) is 48.9 Å². The first-order chi connectivity index (χ1) is 14.4. The van der Waals surface area contributed by atoms with Gasteiger partial charge in [-0.25, -0.2) is 4.98 Å². The van der Waals surface area contributed by atoms with Crippen LogP contribution < -0.4 is 5.32 Å². The summed E-state index contributed by atoms with van der Waals surface area (Å²) in [5.41, 5.74) is 2.54. The summed E-state index contributed by atoms with van der Waals surface area (Å²) in [7, 11) is 0. The summed E-state index contributed by atoms with van der Waals surface area (Å²) in [6.07, 6.45) is 8.33. The number of nitrogens with one attached hydrogen (secondary N) is 1. The topological polar surface area (TPSA) is 46.9 Å². The van der Waals surface area contributed by atoms with E-state index in [1.807, 2.05) is 6.07 Å². The number of aromatic nitrogens is 2. The molecule has 1 atom stereocenters. The van der Waals surface area contributed by atoms with Crippen LogP contribution in [-0.4, -0.2) is 27.3 Å². The third-order valence-electron chi connectivity index (χ3n) is 7.88. The zero-order valence-corrected chi connectivity index (χ0v) is 19.4. The Balaban J connectivity index is 1.25. The van der Waals surface area contributed by atoms with Crippen LogP contribution in [0.1, 0.15) is 59.3 Å². The van der Waals surface area contributed by atoms with Gasteiger partial charge in [0.05, 0.1) is 16.8 Å². The Morgan fingerprint density at radius 3 is 2.40 bits per heavy atom. The number of hydrogen-bond donors (Lipinski definition) is 1. The molecule has 4 bridgehead atoms. The zero-order chi connectivity index (χ0) is 20.9. The minimum Gasteiger partial charge on any atom is -0.352 e. The summed E-state index contributed by atoms with van der Waals surface area (Å²) in [5, 5.41) is 4.37. The fraction of sp³-hybridized carbons (Fsp3) is 0.680. The molecule has 6 rings (SSSR count). The number of para-hydroxylation sites is 2. The maximum absolute atomic E-state index is 12.9. The van der Waals surface area contributed by atoms with Gasteiger partial charge in [0.25, 0.3) is 0 Å². The van der Waals surface area contributed by atoms with Crippen molar-refractivity contribution < 1.29 is 4.79 Å². The largest absolute Gasteiger partial charge is 0.352 e. The van der Waals surface area contributed by atoms with Crippen LogP contribution in [0.2, 0.25) is 0 Å². The molecule has 4 saturated carbocycles. The highest BCUT2D eigenvalue weighted by Crippen LogP contribution is 2.61. The van der Waals surface area contributed by atoms with Crippen LogP contribution in [-0.2, 0) is 11.3 Å². The molecular formula is C25H35N3OS. The molecule has 1 N–H and O–H groups in total. The van der Waals surface area contributed by atoms with Gasteiger partial charge in [0.1, 0.15) is 0 Å². The second kappa shape index (κ2) is 7.89. The first-order valence-electron chi connectivity index (χ1n) is 11.8. The van der Waals surface area contributed by atoms with Crippen molar-refractivity contribution in [2.75, 3.05) is 5.75 Å². The number of carbonyl (C=O) groups excluding carboxylic acids is 1. The van der Waals surface area contributed by atoms with E-state index in [9.17, 15) is 4.79 Å². The van der Waals surface area contributed by atoms with E-state index < -0.39 is 0 Å². The Morgan fingerprint density at radius 1 is 1.13 bits per heavy atom. The number of benzene rings is 1. The molecule has 4 aliphatic carbocycles. The quantitative estimate of drug-likeness (QED) is 0.595. The Bertz CT molecular complexity index is 898. The van der Waals surface area contributed by atoms with E-state index in [1.165, 1.54) is 38.5 Å². The highest BCUT2D eigenvalue weighted by molar-refractivity contribution is 7.99. The average Bonchev–Trinajstić information content (AvgIpc) is 3.02. The molecule has 1 aromatic carbocycles. The van der Waals surface area contributed by atoms with Crippen LogP contribution in [0, 0.1) is 29.1 Å². The molecular weight excluding hydrogens is 390 g/mol. The molecule has 1 aromatic heterocycles. The number of hydrogen-bond acceptors (Lipinski definition) is 3. The molecule has 1 amide bonds. The fourth-order valence-corrected chi connectivity index (χ4v) is 7.81. The summed E-state index contributed by atoms with van der Waals surface area (Å²) in [6, 6.07) is 8.57. The Morgan fingerprint density at radius 2 is 1.77 bits per heavy atom. The minimum absolute atomic E-state index is 0.159. The third kappa shape index (κ3) is 3.79. The standard InChI is InChI=1S/C25H35N3OS/c1-16(2)14-28-22-7-5-4-6-21(22)27-24(28)30-15-23(29)26-17(3)25-11-18-8-19(12-25)10-20(9-18)13-25/h4-7,16-20H,8-15H2,1-3H3,(H,26,29)/t17-,18?,19?,20?,25?/m1/s1. The van der Waals surface area contributed by atoms with E-state index in [0.717, 1.165) is 40.5 Å². The van der Waals surface area contributed by atoms with Gasteiger partial charge in [0, 0.05) is 12.6 Å². The van der Waals surface area contributed by atoms with Gasteiger partial charge in [-0.3, -0.25) is 4.79 Å². The maximum Gasteiger partial charge on any atom is 0.230 e. The Labute approximate surface area is 184 Å². The fourth-order valence-electron chi connectivity index (χ4n) is 6.98. The van der Waals surface area contributed by atoms with Crippen molar-refractivity contribution in [3.8, 4) is 0 Å². The maximum atomic E-state index is 12.9. The monoisotopic (exact) mass is 425 g/mol. The molecule has 30 heavy (non-hydrogen) atoms. The lowest BCUT2D eigenvalue weighted by Gasteiger charge is -2.59. The van der Waals surface area contributed by atoms with Crippen LogP contribution >= 0.6 is 11.8 Å². The minimum atomic E-state index is 0.159. The third-order valence-corrected chi connectivity index (χ3v) is 8.86. The number of amides is 1. The molecule has 0 radical (unpaired) electrons. The molecule has 5 heteroatoms. The van der Waals surface area contributed by atoms with Gasteiger partial charge in [-0.2, -0.15) is 0 Å². The number of nitrogens with zero attached hydrogens (tertiary/aromatic N) is 2. The number of thioether (sulfide) groups is 1. The molecule has 0 unspecified atom stereocenters. The van der Waals surface area contributed by atoms with Crippen molar-refractivity contribution in [3.63, 3.8) is 0 Å². The Kier molecular flexibility index (Phi) is 5.37. The second-order valence-corrected chi connectivity index (χ2v) is 11.7. The molecule has 4 aliphatic rings. The summed E-state index contributed by atoms with van der Waals surface area (Å²) in [6.45, 7) is 7.64. The molecule has 0 aliphatic heterocycles. The number of carbonyl (C=O) groups is 1. The van der Waals surface area contributed by atoms with Gasteiger partial charge in [-0.1, -0.05) is 37.7 Å². The van der Waals surface area contributed by atoms with Crippen LogP contribution in [0.4, 0.5) is 0 Å². The summed E-state index contributed by atoms with van der Waals surface area (Å²) in [5.74, 6) is 3.89. The van der Waals surface area contributed by atoms with E-state index in [-0.39, 0.29) is 11.9 Å². The van der Waals surface area contributed by atoms with E-state index in [0.29, 0.717) is 17.1 Å². The first-order valence-corrected chi connectivity index (χ1v) is 12.8. The van der Waals surface area contributed by atoms with Gasteiger partial charge in [-0.05, 0) is 86.7 Å². The predicted octanol–water partition coefficient (Wildman–Crippen LogP) is 5.51. The summed E-state index contributed by atoms with van der Waals surface area (Å²) < 4.78 is 2.28. The normalized spacial score (nSPS) is 30.9. The molecule has 0 spiro atoms. The van der Waals surface area contributed by atoms with Crippen LogP contribution in [0.25, 0.3) is 11.0 Å². The van der Waals surface area contributed by atoms with Gasteiger partial charge >= 0.3 is 0 Å². The smallest absolute Gasteiger partial charge is 0.230 e. The first kappa shape index (κ1) is 20.4. The Hall–Kier alpha value is -1.49. The molecule has 2 aromatic rings. The lowest BCUT2D eigenvalue weighted by molar-refractivity contribution is -0.123. The highest BCUT2D eigenvalue weighted by atomic mass is 32.2. The highest BCUT2D eigenvalue weighted by Gasteiger charge is 2.53. The average molecular weight is 426 g/mol. The van der Waals surface area contributed by atoms with Gasteiger partial charge in [0.15, 0.2) is 5.16 Å². The van der Waals surface area contributed by atoms with Crippen LogP contribution in [0.15, 0.2) is 29.4 Å². The molecule has 4 fully saturated rings. The van der Waals surface area contributed by atoms with E-state index >= 15 is 0 Å². The number of rotatable bonds is 7. The predicted molar refractivity (Wildman–Crippen MR) is 124 cm³/mol. The summed E-state index contributed by atoms with van der Waals surface area (Å²) in [4.78, 5) is 17.7. The molecule has 4 nitrogen and oxygen atoms in total. The number of imidazole rings is 1. The van der Waals surface area contributed by atoms with Crippen molar-refractivity contribution in [1.29, 1.82) is 0 Å². The van der Waals surface area contributed by atoms with Crippen LogP contribution in [0.3, 0.4) is 0 Å². The van der Waals surface area contributed by atoms with Crippen molar-refractivity contribution in [2.24, 2.45) is 29.1 Å². The lowest BCUT2D eigenvalue weighted by atomic mass is 9.48. The lowest BCUT2D eigenvalue weighted by Crippen LogP contribution is -2.56. The molecule has 0 saturated heterocycles. The van der Waals surface area contributed by atoms with E-state index in [1.54, 1.807) is 11.8 Å².